The topological polar surface area (TPSA) is 37.5 Å². The Balaban J connectivity index is 1.69. The lowest BCUT2D eigenvalue weighted by Gasteiger charge is -2.25. The van der Waals surface area contributed by atoms with Crippen LogP contribution in [0.2, 0.25) is 0 Å². The average molecular weight is 278 g/mol. The molecule has 1 aromatic rings. The molecule has 1 aromatic heterocycles. The van der Waals surface area contributed by atoms with E-state index in [-0.39, 0.29) is 6.04 Å². The molecule has 0 radical (unpaired) electrons. The molecular formula is C15H22N2OS. The van der Waals surface area contributed by atoms with Crippen molar-refractivity contribution in [1.82, 2.24) is 5.32 Å². The summed E-state index contributed by atoms with van der Waals surface area (Å²) in [5.41, 5.74) is 1.24. The third kappa shape index (κ3) is 2.69. The van der Waals surface area contributed by atoms with Gasteiger partial charge in [0.25, 0.3) is 0 Å². The summed E-state index contributed by atoms with van der Waals surface area (Å²) in [5.74, 6) is 4.05. The van der Waals surface area contributed by atoms with Crippen LogP contribution in [0.15, 0.2) is 15.5 Å². The minimum Gasteiger partial charge on any atom is -0.466 e. The Hall–Kier alpha value is -0.900. The first-order valence-corrected chi connectivity index (χ1v) is 8.16. The molecular weight excluding hydrogens is 256 g/mol. The van der Waals surface area contributed by atoms with E-state index < -0.39 is 0 Å². The van der Waals surface area contributed by atoms with Crippen molar-refractivity contribution in [3.63, 3.8) is 0 Å². The molecule has 0 saturated heterocycles. The molecule has 3 unspecified atom stereocenters. The molecule has 1 fully saturated rings. The smallest absolute Gasteiger partial charge is 0.157 e. The van der Waals surface area contributed by atoms with Gasteiger partial charge in [-0.05, 0) is 45.6 Å². The highest BCUT2D eigenvalue weighted by Crippen LogP contribution is 2.35. The summed E-state index contributed by atoms with van der Waals surface area (Å²) in [6, 6.07) is 2.96. The number of hydrogen-bond acceptors (Lipinski definition) is 4. The highest BCUT2D eigenvalue weighted by molar-refractivity contribution is 8.13. The van der Waals surface area contributed by atoms with E-state index in [2.05, 4.69) is 18.3 Å². The number of thioether (sulfide) groups is 1. The van der Waals surface area contributed by atoms with Crippen molar-refractivity contribution in [1.29, 1.82) is 0 Å². The van der Waals surface area contributed by atoms with Crippen molar-refractivity contribution in [2.45, 2.75) is 52.1 Å². The van der Waals surface area contributed by atoms with Crippen LogP contribution in [0.3, 0.4) is 0 Å². The largest absolute Gasteiger partial charge is 0.466 e. The summed E-state index contributed by atoms with van der Waals surface area (Å²) in [4.78, 5) is 4.88. The van der Waals surface area contributed by atoms with Crippen molar-refractivity contribution < 1.29 is 4.42 Å². The number of aliphatic imine (C=N–C) groups is 1. The van der Waals surface area contributed by atoms with Gasteiger partial charge in [0.1, 0.15) is 11.5 Å². The first-order valence-electron chi connectivity index (χ1n) is 7.17. The maximum Gasteiger partial charge on any atom is 0.157 e. The molecule has 0 aromatic carbocycles. The molecule has 0 bridgehead atoms. The van der Waals surface area contributed by atoms with Crippen LogP contribution in [0.4, 0.5) is 0 Å². The quantitative estimate of drug-likeness (QED) is 0.893. The summed E-state index contributed by atoms with van der Waals surface area (Å²) in [7, 11) is 0. The number of aryl methyl sites for hydroxylation is 2. The van der Waals surface area contributed by atoms with Gasteiger partial charge >= 0.3 is 0 Å². The molecule has 1 saturated carbocycles. The molecule has 4 heteroatoms. The van der Waals surface area contributed by atoms with Gasteiger partial charge in [0, 0.05) is 11.3 Å². The Kier molecular flexibility index (Phi) is 3.61. The molecule has 3 rings (SSSR count). The minimum atomic E-state index is 0.265. The van der Waals surface area contributed by atoms with Crippen molar-refractivity contribution in [3.05, 3.63) is 23.2 Å². The van der Waals surface area contributed by atoms with Crippen molar-refractivity contribution in [3.8, 4) is 0 Å². The van der Waals surface area contributed by atoms with E-state index >= 15 is 0 Å². The van der Waals surface area contributed by atoms with Gasteiger partial charge < -0.3 is 9.73 Å². The Morgan fingerprint density at radius 1 is 1.42 bits per heavy atom. The van der Waals surface area contributed by atoms with Gasteiger partial charge in [-0.15, -0.1) is 0 Å². The summed E-state index contributed by atoms with van der Waals surface area (Å²) in [5, 5.41) is 4.67. The lowest BCUT2D eigenvalue weighted by atomic mass is 10.1. The SMILES string of the molecule is Cc1cc(C(C)NC2=NC3CCCC3CS2)c(C)o1. The van der Waals surface area contributed by atoms with Gasteiger partial charge in [0.2, 0.25) is 0 Å². The standard InChI is InChI=1S/C15H22N2OS/c1-9-7-13(11(3)18-9)10(2)16-15-17-14-6-4-5-12(14)8-19-15/h7,10,12,14H,4-6,8H2,1-3H3,(H,16,17). The second-order valence-corrected chi connectivity index (χ2v) is 6.75. The van der Waals surface area contributed by atoms with Gasteiger partial charge in [-0.25, -0.2) is 0 Å². The number of rotatable bonds is 2. The fraction of sp³-hybridized carbons (Fsp3) is 0.667. The number of hydrogen-bond donors (Lipinski definition) is 1. The Labute approximate surface area is 119 Å². The zero-order valence-corrected chi connectivity index (χ0v) is 12.7. The van der Waals surface area contributed by atoms with E-state index in [1.165, 1.54) is 30.6 Å². The van der Waals surface area contributed by atoms with Gasteiger partial charge in [0.15, 0.2) is 5.17 Å². The van der Waals surface area contributed by atoms with Crippen LogP contribution in [-0.2, 0) is 0 Å². The van der Waals surface area contributed by atoms with Crippen molar-refractivity contribution in [2.75, 3.05) is 5.75 Å². The maximum atomic E-state index is 5.61. The lowest BCUT2D eigenvalue weighted by Crippen LogP contribution is -2.31. The van der Waals surface area contributed by atoms with Crippen LogP contribution in [-0.4, -0.2) is 17.0 Å². The summed E-state index contributed by atoms with van der Waals surface area (Å²) >= 11 is 1.88. The maximum absolute atomic E-state index is 5.61. The van der Waals surface area contributed by atoms with Crippen LogP contribution in [0.5, 0.6) is 0 Å². The Morgan fingerprint density at radius 2 is 2.26 bits per heavy atom. The van der Waals surface area contributed by atoms with E-state index in [9.17, 15) is 0 Å². The summed E-state index contributed by atoms with van der Waals surface area (Å²) in [6.07, 6.45) is 3.99. The Bertz CT molecular complexity index is 494. The van der Waals surface area contributed by atoms with E-state index in [1.54, 1.807) is 0 Å². The van der Waals surface area contributed by atoms with E-state index in [1.807, 2.05) is 25.6 Å². The molecule has 1 N–H and O–H groups in total. The number of nitrogens with zero attached hydrogens (tertiary/aromatic N) is 1. The third-order valence-corrected chi connectivity index (χ3v) is 5.31. The number of nitrogens with one attached hydrogen (secondary N) is 1. The predicted octanol–water partition coefficient (Wildman–Crippen LogP) is 3.82. The van der Waals surface area contributed by atoms with Gasteiger partial charge in [-0.3, -0.25) is 4.99 Å². The first-order chi connectivity index (χ1) is 9.13. The molecule has 3 atom stereocenters. The average Bonchev–Trinajstić information content (AvgIpc) is 2.94. The molecule has 0 amide bonds. The van der Waals surface area contributed by atoms with Gasteiger partial charge in [-0.1, -0.05) is 18.2 Å². The van der Waals surface area contributed by atoms with Crippen LogP contribution in [0.25, 0.3) is 0 Å². The summed E-state index contributed by atoms with van der Waals surface area (Å²) < 4.78 is 5.61. The van der Waals surface area contributed by atoms with Crippen LogP contribution >= 0.6 is 11.8 Å². The number of amidine groups is 1. The highest BCUT2D eigenvalue weighted by Gasteiger charge is 2.31. The molecule has 2 aliphatic rings. The molecule has 1 aliphatic carbocycles. The van der Waals surface area contributed by atoms with Crippen LogP contribution in [0.1, 0.15) is 49.3 Å². The number of furan rings is 1. The van der Waals surface area contributed by atoms with Gasteiger partial charge in [0.05, 0.1) is 12.1 Å². The third-order valence-electron chi connectivity index (χ3n) is 4.22. The Morgan fingerprint density at radius 3 is 3.00 bits per heavy atom. The fourth-order valence-electron chi connectivity index (χ4n) is 3.18. The normalized spacial score (nSPS) is 27.8. The summed E-state index contributed by atoms with van der Waals surface area (Å²) in [6.45, 7) is 6.21. The van der Waals surface area contributed by atoms with E-state index in [4.69, 9.17) is 9.41 Å². The second-order valence-electron chi connectivity index (χ2n) is 5.74. The van der Waals surface area contributed by atoms with E-state index in [0.717, 1.165) is 22.6 Å². The lowest BCUT2D eigenvalue weighted by molar-refractivity contribution is 0.496. The molecule has 3 nitrogen and oxygen atoms in total. The van der Waals surface area contributed by atoms with Crippen molar-refractivity contribution in [2.24, 2.45) is 10.9 Å². The molecule has 1 aliphatic heterocycles. The zero-order valence-electron chi connectivity index (χ0n) is 11.9. The highest BCUT2D eigenvalue weighted by atomic mass is 32.2. The number of fused-ring (bicyclic) bond motifs is 1. The minimum absolute atomic E-state index is 0.265. The van der Waals surface area contributed by atoms with E-state index in [0.29, 0.717) is 6.04 Å². The second kappa shape index (κ2) is 5.23. The van der Waals surface area contributed by atoms with Crippen molar-refractivity contribution >= 4 is 16.9 Å². The molecule has 104 valence electrons. The van der Waals surface area contributed by atoms with Gasteiger partial charge in [-0.2, -0.15) is 0 Å². The fourth-order valence-corrected chi connectivity index (χ4v) is 4.41. The zero-order chi connectivity index (χ0) is 13.4. The monoisotopic (exact) mass is 278 g/mol. The van der Waals surface area contributed by atoms with Crippen LogP contribution in [0, 0.1) is 19.8 Å². The molecule has 0 spiro atoms. The first kappa shape index (κ1) is 13.1. The molecule has 19 heavy (non-hydrogen) atoms. The predicted molar refractivity (Wildman–Crippen MR) is 80.8 cm³/mol. The molecule has 2 heterocycles. The van der Waals surface area contributed by atoms with Crippen LogP contribution < -0.4 is 5.32 Å².